The van der Waals surface area contributed by atoms with Crippen molar-refractivity contribution in [2.75, 3.05) is 19.6 Å². The minimum absolute atomic E-state index is 0.127. The summed E-state index contributed by atoms with van der Waals surface area (Å²) in [5, 5.41) is 6.24. The molecule has 4 heteroatoms. The van der Waals surface area contributed by atoms with E-state index in [1.54, 1.807) is 0 Å². The fourth-order valence-electron chi connectivity index (χ4n) is 2.14. The summed E-state index contributed by atoms with van der Waals surface area (Å²) in [5.41, 5.74) is 0. The molecule has 1 rings (SSSR count). The molecule has 1 saturated heterocycles. The van der Waals surface area contributed by atoms with Crippen molar-refractivity contribution >= 4 is 5.91 Å². The Labute approximate surface area is 105 Å². The molecular weight excluding hydrogens is 214 g/mol. The predicted octanol–water partition coefficient (Wildman–Crippen LogP) is 0.973. The molecule has 4 nitrogen and oxygen atoms in total. The molecule has 0 bridgehead atoms. The molecule has 0 aromatic rings. The molecule has 1 heterocycles. The van der Waals surface area contributed by atoms with Crippen LogP contribution in [-0.2, 0) is 4.79 Å². The van der Waals surface area contributed by atoms with Crippen LogP contribution in [-0.4, -0.2) is 48.6 Å². The first-order valence-corrected chi connectivity index (χ1v) is 6.76. The van der Waals surface area contributed by atoms with Crippen LogP contribution >= 0.6 is 0 Å². The van der Waals surface area contributed by atoms with Gasteiger partial charge in [-0.15, -0.1) is 0 Å². The highest BCUT2D eigenvalue weighted by atomic mass is 16.2. The normalized spacial score (nSPS) is 18.9. The predicted molar refractivity (Wildman–Crippen MR) is 71.0 cm³/mol. The first-order valence-electron chi connectivity index (χ1n) is 6.76. The van der Waals surface area contributed by atoms with Crippen LogP contribution in [0.3, 0.4) is 0 Å². The Bertz CT molecular complexity index is 233. The fraction of sp³-hybridized carbons (Fsp3) is 0.923. The Kier molecular flexibility index (Phi) is 5.92. The summed E-state index contributed by atoms with van der Waals surface area (Å²) in [7, 11) is 0. The molecule has 2 N–H and O–H groups in total. The van der Waals surface area contributed by atoms with Crippen molar-refractivity contribution in [3.8, 4) is 0 Å². The molecule has 0 aromatic carbocycles. The molecule has 1 fully saturated rings. The highest BCUT2D eigenvalue weighted by molar-refractivity contribution is 5.78. The van der Waals surface area contributed by atoms with Crippen LogP contribution < -0.4 is 10.6 Å². The van der Waals surface area contributed by atoms with Crippen molar-refractivity contribution in [1.82, 2.24) is 15.5 Å². The molecule has 0 saturated carbocycles. The Morgan fingerprint density at radius 2 is 1.82 bits per heavy atom. The van der Waals surface area contributed by atoms with Gasteiger partial charge in [-0.05, 0) is 26.7 Å². The van der Waals surface area contributed by atoms with E-state index in [-0.39, 0.29) is 5.91 Å². The molecule has 1 aliphatic heterocycles. The summed E-state index contributed by atoms with van der Waals surface area (Å²) in [6.07, 6.45) is 2.15. The fourth-order valence-corrected chi connectivity index (χ4v) is 2.14. The summed E-state index contributed by atoms with van der Waals surface area (Å²) in [6, 6.07) is 1.35. The number of hydrogen-bond acceptors (Lipinski definition) is 3. The van der Waals surface area contributed by atoms with Crippen LogP contribution in [0.25, 0.3) is 0 Å². The number of carbonyl (C=O) groups is 1. The Morgan fingerprint density at radius 1 is 1.24 bits per heavy atom. The third-order valence-electron chi connectivity index (χ3n) is 3.30. The molecule has 1 aliphatic rings. The maximum absolute atomic E-state index is 11.6. The van der Waals surface area contributed by atoms with Gasteiger partial charge in [0.1, 0.15) is 0 Å². The van der Waals surface area contributed by atoms with Crippen LogP contribution in [0.2, 0.25) is 0 Å². The van der Waals surface area contributed by atoms with E-state index >= 15 is 0 Å². The molecule has 0 aliphatic carbocycles. The number of rotatable bonds is 5. The summed E-state index contributed by atoms with van der Waals surface area (Å²) < 4.78 is 0. The van der Waals surface area contributed by atoms with Crippen LogP contribution in [0, 0.1) is 0 Å². The lowest BCUT2D eigenvalue weighted by atomic mass is 10.0. The van der Waals surface area contributed by atoms with Gasteiger partial charge >= 0.3 is 0 Å². The Balaban J connectivity index is 2.19. The number of hydrogen-bond donors (Lipinski definition) is 2. The van der Waals surface area contributed by atoms with Crippen molar-refractivity contribution in [1.29, 1.82) is 0 Å². The van der Waals surface area contributed by atoms with Gasteiger partial charge in [0.2, 0.25) is 5.91 Å². The van der Waals surface area contributed by atoms with Gasteiger partial charge in [-0.25, -0.2) is 0 Å². The second-order valence-electron chi connectivity index (χ2n) is 5.51. The molecular formula is C13H27N3O. The number of amides is 1. The van der Waals surface area contributed by atoms with E-state index in [1.165, 1.54) is 0 Å². The van der Waals surface area contributed by atoms with Crippen molar-refractivity contribution in [3.05, 3.63) is 0 Å². The maximum atomic E-state index is 11.6. The summed E-state index contributed by atoms with van der Waals surface area (Å²) >= 11 is 0. The van der Waals surface area contributed by atoms with Crippen molar-refractivity contribution < 1.29 is 4.79 Å². The highest BCUT2D eigenvalue weighted by Gasteiger charge is 2.21. The van der Waals surface area contributed by atoms with Gasteiger partial charge in [0.05, 0.1) is 6.54 Å². The number of likely N-dealkylation sites (tertiary alicyclic amines) is 1. The zero-order valence-electron chi connectivity index (χ0n) is 11.6. The molecule has 0 atom stereocenters. The summed E-state index contributed by atoms with van der Waals surface area (Å²) in [4.78, 5) is 14.1. The average molecular weight is 241 g/mol. The number of piperidine rings is 1. The average Bonchev–Trinajstić information content (AvgIpc) is 2.27. The van der Waals surface area contributed by atoms with Gasteiger partial charge in [0.15, 0.2) is 0 Å². The molecule has 100 valence electrons. The monoisotopic (exact) mass is 241 g/mol. The molecule has 0 unspecified atom stereocenters. The van der Waals surface area contributed by atoms with Crippen LogP contribution in [0.4, 0.5) is 0 Å². The third-order valence-corrected chi connectivity index (χ3v) is 3.30. The van der Waals surface area contributed by atoms with E-state index in [1.807, 2.05) is 0 Å². The number of nitrogens with zero attached hydrogens (tertiary/aromatic N) is 1. The SMILES string of the molecule is CC(C)NCC(=O)NC1CCN(C(C)C)CC1. The standard InChI is InChI=1S/C13H27N3O/c1-10(2)14-9-13(17)15-12-5-7-16(8-6-12)11(3)4/h10-12,14H,5-9H2,1-4H3,(H,15,17). The Hall–Kier alpha value is -0.610. The lowest BCUT2D eigenvalue weighted by Crippen LogP contribution is -2.48. The quantitative estimate of drug-likeness (QED) is 0.754. The third kappa shape index (κ3) is 5.50. The smallest absolute Gasteiger partial charge is 0.234 e. The van der Waals surface area contributed by atoms with Gasteiger partial charge < -0.3 is 15.5 Å². The zero-order chi connectivity index (χ0) is 12.8. The van der Waals surface area contributed by atoms with Crippen LogP contribution in [0.5, 0.6) is 0 Å². The minimum Gasteiger partial charge on any atom is -0.352 e. The van der Waals surface area contributed by atoms with Crippen molar-refractivity contribution in [3.63, 3.8) is 0 Å². The van der Waals surface area contributed by atoms with Gasteiger partial charge in [0.25, 0.3) is 0 Å². The number of nitrogens with one attached hydrogen (secondary N) is 2. The molecule has 1 amide bonds. The number of carbonyl (C=O) groups excluding carboxylic acids is 1. The van der Waals surface area contributed by atoms with E-state index in [0.717, 1.165) is 25.9 Å². The molecule has 0 aromatic heterocycles. The minimum atomic E-state index is 0.127. The maximum Gasteiger partial charge on any atom is 0.234 e. The molecule has 0 radical (unpaired) electrons. The van der Waals surface area contributed by atoms with Crippen LogP contribution in [0.1, 0.15) is 40.5 Å². The first-order chi connectivity index (χ1) is 7.99. The van der Waals surface area contributed by atoms with Gasteiger partial charge in [0, 0.05) is 31.2 Å². The van der Waals surface area contributed by atoms with Crippen molar-refractivity contribution in [2.45, 2.75) is 58.7 Å². The van der Waals surface area contributed by atoms with Gasteiger partial charge in [-0.3, -0.25) is 4.79 Å². The van der Waals surface area contributed by atoms with Gasteiger partial charge in [-0.2, -0.15) is 0 Å². The van der Waals surface area contributed by atoms with E-state index in [4.69, 9.17) is 0 Å². The first kappa shape index (κ1) is 14.5. The second-order valence-corrected chi connectivity index (χ2v) is 5.51. The molecule has 0 spiro atoms. The van der Waals surface area contributed by atoms with E-state index in [0.29, 0.717) is 24.7 Å². The van der Waals surface area contributed by atoms with E-state index in [9.17, 15) is 4.79 Å². The van der Waals surface area contributed by atoms with Crippen molar-refractivity contribution in [2.24, 2.45) is 0 Å². The van der Waals surface area contributed by atoms with Gasteiger partial charge in [-0.1, -0.05) is 13.8 Å². The van der Waals surface area contributed by atoms with E-state index < -0.39 is 0 Å². The zero-order valence-corrected chi connectivity index (χ0v) is 11.6. The summed E-state index contributed by atoms with van der Waals surface area (Å²) in [5.74, 6) is 0.127. The Morgan fingerprint density at radius 3 is 2.29 bits per heavy atom. The summed E-state index contributed by atoms with van der Waals surface area (Å²) in [6.45, 7) is 11.2. The lowest BCUT2D eigenvalue weighted by Gasteiger charge is -2.34. The van der Waals surface area contributed by atoms with E-state index in [2.05, 4.69) is 43.2 Å². The topological polar surface area (TPSA) is 44.4 Å². The molecule has 17 heavy (non-hydrogen) atoms. The van der Waals surface area contributed by atoms with Crippen LogP contribution in [0.15, 0.2) is 0 Å². The highest BCUT2D eigenvalue weighted by Crippen LogP contribution is 2.12. The largest absolute Gasteiger partial charge is 0.352 e. The second kappa shape index (κ2) is 6.97. The lowest BCUT2D eigenvalue weighted by molar-refractivity contribution is -0.121.